The van der Waals surface area contributed by atoms with Gasteiger partial charge >= 0.3 is 5.97 Å². The van der Waals surface area contributed by atoms with E-state index in [9.17, 15) is 18.4 Å². The van der Waals surface area contributed by atoms with E-state index in [1.54, 1.807) is 30.3 Å². The predicted molar refractivity (Wildman–Crippen MR) is 109 cm³/mol. The van der Waals surface area contributed by atoms with Crippen LogP contribution in [-0.4, -0.2) is 23.0 Å². The number of nitrogens with one attached hydrogen (secondary N) is 2. The third-order valence-electron chi connectivity index (χ3n) is 4.54. The van der Waals surface area contributed by atoms with E-state index in [0.29, 0.717) is 16.6 Å². The van der Waals surface area contributed by atoms with E-state index in [1.807, 2.05) is 0 Å². The zero-order chi connectivity index (χ0) is 21.3. The highest BCUT2D eigenvalue weighted by Gasteiger charge is 2.17. The highest BCUT2D eigenvalue weighted by molar-refractivity contribution is 5.95. The van der Waals surface area contributed by atoms with Crippen molar-refractivity contribution in [3.63, 3.8) is 0 Å². The number of carbonyl (C=O) groups excluding carboxylic acids is 1. The van der Waals surface area contributed by atoms with Crippen LogP contribution < -0.4 is 10.9 Å². The van der Waals surface area contributed by atoms with E-state index in [4.69, 9.17) is 0 Å². The Hall–Kier alpha value is -4.07. The number of hydrogen-bond acceptors (Lipinski definition) is 5. The molecule has 0 aliphatic heterocycles. The summed E-state index contributed by atoms with van der Waals surface area (Å²) >= 11 is 0. The third-order valence-corrected chi connectivity index (χ3v) is 4.54. The van der Waals surface area contributed by atoms with Gasteiger partial charge in [-0.2, -0.15) is 0 Å². The van der Waals surface area contributed by atoms with Crippen molar-refractivity contribution in [3.05, 3.63) is 88.3 Å². The molecule has 0 saturated heterocycles. The Bertz CT molecular complexity index is 1300. The molecule has 0 saturated carbocycles. The number of hydrogen-bond donors (Lipinski definition) is 2. The standard InChI is InChI=1S/C22H15F2N3O3/c1-30-22(29)12-5-7-14(8-6-12)26-20-18-13(9-10-25-21(18)28)11-17(27-20)19-15(23)3-2-4-16(19)24/h2-11H,1H3,(H,25,28)(H,26,27). The van der Waals surface area contributed by atoms with Crippen molar-refractivity contribution in [2.75, 3.05) is 12.4 Å². The molecular formula is C22H15F2N3O3. The summed E-state index contributed by atoms with van der Waals surface area (Å²) in [6, 6.07) is 12.9. The second-order valence-corrected chi connectivity index (χ2v) is 6.42. The smallest absolute Gasteiger partial charge is 0.337 e. The third kappa shape index (κ3) is 3.50. The number of carbonyl (C=O) groups is 1. The maximum Gasteiger partial charge on any atom is 0.337 e. The zero-order valence-corrected chi connectivity index (χ0v) is 15.7. The largest absolute Gasteiger partial charge is 0.465 e. The molecule has 2 N–H and O–H groups in total. The molecular weight excluding hydrogens is 392 g/mol. The van der Waals surface area contributed by atoms with Crippen LogP contribution in [-0.2, 0) is 4.74 Å². The molecule has 2 aromatic carbocycles. The first kappa shape index (κ1) is 19.3. The minimum atomic E-state index is -0.764. The molecule has 0 unspecified atom stereocenters. The summed E-state index contributed by atoms with van der Waals surface area (Å²) in [7, 11) is 1.28. The van der Waals surface area contributed by atoms with E-state index >= 15 is 0 Å². The van der Waals surface area contributed by atoms with Crippen LogP contribution >= 0.6 is 0 Å². The number of aromatic amines is 1. The van der Waals surface area contributed by atoms with Crippen molar-refractivity contribution in [3.8, 4) is 11.3 Å². The van der Waals surface area contributed by atoms with Crippen LogP contribution in [0.15, 0.2) is 65.6 Å². The van der Waals surface area contributed by atoms with Crippen LogP contribution in [0, 0.1) is 11.6 Å². The lowest BCUT2D eigenvalue weighted by atomic mass is 10.1. The number of benzene rings is 2. The van der Waals surface area contributed by atoms with Crippen LogP contribution in [0.5, 0.6) is 0 Å². The fourth-order valence-electron chi connectivity index (χ4n) is 3.12. The molecule has 2 heterocycles. The first-order valence-corrected chi connectivity index (χ1v) is 8.90. The van der Waals surface area contributed by atoms with Crippen molar-refractivity contribution >= 4 is 28.2 Å². The second kappa shape index (κ2) is 7.75. The molecule has 4 aromatic rings. The number of ether oxygens (including phenoxy) is 1. The quantitative estimate of drug-likeness (QED) is 0.490. The molecule has 4 rings (SSSR count). The molecule has 0 atom stereocenters. The number of halogens is 2. The number of methoxy groups -OCH3 is 1. The van der Waals surface area contributed by atoms with Crippen LogP contribution in [0.2, 0.25) is 0 Å². The van der Waals surface area contributed by atoms with Gasteiger partial charge in [0.2, 0.25) is 0 Å². The topological polar surface area (TPSA) is 84.1 Å². The molecule has 0 amide bonds. The molecule has 0 fully saturated rings. The van der Waals surface area contributed by atoms with Gasteiger partial charge in [-0.15, -0.1) is 0 Å². The Morgan fingerprint density at radius 2 is 1.77 bits per heavy atom. The number of aromatic nitrogens is 2. The zero-order valence-electron chi connectivity index (χ0n) is 15.7. The Labute approximate surface area is 169 Å². The normalized spacial score (nSPS) is 10.8. The molecule has 2 aromatic heterocycles. The number of esters is 1. The molecule has 0 radical (unpaired) electrons. The fraction of sp³-hybridized carbons (Fsp3) is 0.0455. The number of H-pyrrole nitrogens is 1. The van der Waals surface area contributed by atoms with Crippen molar-refractivity contribution in [2.24, 2.45) is 0 Å². The van der Waals surface area contributed by atoms with Crippen LogP contribution in [0.4, 0.5) is 20.3 Å². The van der Waals surface area contributed by atoms with Crippen molar-refractivity contribution < 1.29 is 18.3 Å². The van der Waals surface area contributed by atoms with Gasteiger partial charge in [0, 0.05) is 11.9 Å². The first-order chi connectivity index (χ1) is 14.5. The van der Waals surface area contributed by atoms with Gasteiger partial charge in [0.25, 0.3) is 5.56 Å². The SMILES string of the molecule is COC(=O)c1ccc(Nc2nc(-c3c(F)cccc3F)cc3cc[nH]c(=O)c23)cc1. The monoisotopic (exact) mass is 407 g/mol. The summed E-state index contributed by atoms with van der Waals surface area (Å²) in [6.07, 6.45) is 1.45. The lowest BCUT2D eigenvalue weighted by molar-refractivity contribution is 0.0601. The summed E-state index contributed by atoms with van der Waals surface area (Å²) < 4.78 is 33.3. The van der Waals surface area contributed by atoms with Gasteiger partial charge in [-0.3, -0.25) is 4.79 Å². The molecule has 0 aliphatic rings. The number of anilines is 2. The van der Waals surface area contributed by atoms with E-state index in [1.165, 1.54) is 25.4 Å². The summed E-state index contributed by atoms with van der Waals surface area (Å²) in [4.78, 5) is 30.9. The summed E-state index contributed by atoms with van der Waals surface area (Å²) in [5.41, 5.74) is 0.210. The molecule has 0 bridgehead atoms. The second-order valence-electron chi connectivity index (χ2n) is 6.42. The lowest BCUT2D eigenvalue weighted by Gasteiger charge is -2.12. The average Bonchev–Trinajstić information content (AvgIpc) is 2.73. The summed E-state index contributed by atoms with van der Waals surface area (Å²) in [6.45, 7) is 0. The van der Waals surface area contributed by atoms with Crippen LogP contribution in [0.3, 0.4) is 0 Å². The maximum atomic E-state index is 14.3. The molecule has 150 valence electrons. The van der Waals surface area contributed by atoms with Crippen molar-refractivity contribution in [1.29, 1.82) is 0 Å². The average molecular weight is 407 g/mol. The Kier molecular flexibility index (Phi) is 4.97. The Morgan fingerprint density at radius 1 is 1.07 bits per heavy atom. The number of fused-ring (bicyclic) bond motifs is 1. The van der Waals surface area contributed by atoms with Gasteiger partial charge in [0.05, 0.1) is 29.3 Å². The van der Waals surface area contributed by atoms with Crippen molar-refractivity contribution in [2.45, 2.75) is 0 Å². The van der Waals surface area contributed by atoms with Gasteiger partial charge in [-0.05, 0) is 53.9 Å². The Balaban J connectivity index is 1.86. The van der Waals surface area contributed by atoms with Gasteiger partial charge in [-0.25, -0.2) is 18.6 Å². The molecule has 30 heavy (non-hydrogen) atoms. The van der Waals surface area contributed by atoms with E-state index in [0.717, 1.165) is 12.1 Å². The minimum Gasteiger partial charge on any atom is -0.465 e. The van der Waals surface area contributed by atoms with Gasteiger partial charge < -0.3 is 15.0 Å². The minimum absolute atomic E-state index is 0.0392. The lowest BCUT2D eigenvalue weighted by Crippen LogP contribution is -2.09. The molecule has 0 spiro atoms. The van der Waals surface area contributed by atoms with Crippen LogP contribution in [0.1, 0.15) is 10.4 Å². The molecule has 8 heteroatoms. The number of nitrogens with zero attached hydrogens (tertiary/aromatic N) is 1. The number of rotatable bonds is 4. The highest BCUT2D eigenvalue weighted by atomic mass is 19.1. The Morgan fingerprint density at radius 3 is 2.43 bits per heavy atom. The maximum absolute atomic E-state index is 14.3. The fourth-order valence-corrected chi connectivity index (χ4v) is 3.12. The molecule has 0 aliphatic carbocycles. The summed E-state index contributed by atoms with van der Waals surface area (Å²) in [5.74, 6) is -1.89. The van der Waals surface area contributed by atoms with Gasteiger partial charge in [0.1, 0.15) is 17.5 Å². The van der Waals surface area contributed by atoms with Crippen LogP contribution in [0.25, 0.3) is 22.0 Å². The predicted octanol–water partition coefficient (Wildman–Crippen LogP) is 4.40. The van der Waals surface area contributed by atoms with E-state index in [2.05, 4.69) is 20.0 Å². The van der Waals surface area contributed by atoms with Crippen molar-refractivity contribution in [1.82, 2.24) is 9.97 Å². The van der Waals surface area contributed by atoms with E-state index in [-0.39, 0.29) is 22.5 Å². The number of pyridine rings is 2. The van der Waals surface area contributed by atoms with Gasteiger partial charge in [-0.1, -0.05) is 6.07 Å². The summed E-state index contributed by atoms with van der Waals surface area (Å²) in [5, 5.41) is 3.68. The highest BCUT2D eigenvalue weighted by Crippen LogP contribution is 2.30. The van der Waals surface area contributed by atoms with E-state index < -0.39 is 23.2 Å². The van der Waals surface area contributed by atoms with Gasteiger partial charge in [0.15, 0.2) is 0 Å². The molecule has 6 nitrogen and oxygen atoms in total. The first-order valence-electron chi connectivity index (χ1n) is 8.90.